The van der Waals surface area contributed by atoms with Crippen LogP contribution in [0, 0.1) is 6.92 Å². The number of aliphatic hydroxyl groups excluding tert-OH is 1. The highest BCUT2D eigenvalue weighted by Crippen LogP contribution is 2.24. The normalized spacial score (nSPS) is 12.6. The molecule has 0 unspecified atom stereocenters. The minimum Gasteiger partial charge on any atom is -0.388 e. The average Bonchev–Trinajstić information content (AvgIpc) is 2.72. The quantitative estimate of drug-likeness (QED) is 0.845. The van der Waals surface area contributed by atoms with Gasteiger partial charge in [0.15, 0.2) is 5.16 Å². The molecule has 1 atom stereocenters. The Labute approximate surface area is 106 Å². The Kier molecular flexibility index (Phi) is 3.86. The van der Waals surface area contributed by atoms with Crippen LogP contribution in [0.3, 0.4) is 0 Å². The van der Waals surface area contributed by atoms with Crippen LogP contribution in [0.15, 0.2) is 41.8 Å². The topological polar surface area (TPSA) is 38.1 Å². The van der Waals surface area contributed by atoms with Gasteiger partial charge in [-0.15, -0.1) is 0 Å². The molecule has 1 N–H and O–H groups in total. The molecule has 2 aromatic rings. The molecule has 0 saturated carbocycles. The highest BCUT2D eigenvalue weighted by atomic mass is 32.2. The van der Waals surface area contributed by atoms with E-state index < -0.39 is 6.10 Å². The van der Waals surface area contributed by atoms with Gasteiger partial charge in [0, 0.05) is 25.2 Å². The van der Waals surface area contributed by atoms with Crippen LogP contribution < -0.4 is 0 Å². The maximum atomic E-state index is 10.1. The van der Waals surface area contributed by atoms with Crippen LogP contribution in [0.2, 0.25) is 0 Å². The second kappa shape index (κ2) is 5.38. The van der Waals surface area contributed by atoms with E-state index in [1.165, 1.54) is 0 Å². The Balaban J connectivity index is 2.01. The standard InChI is InChI=1S/C13H16N2OS/c1-10-5-3-4-6-11(10)12(16)9-17-13-14-7-8-15(13)2/h3-8,12,16H,9H2,1-2H3/t12-/m0/s1. The molecule has 2 rings (SSSR count). The predicted molar refractivity (Wildman–Crippen MR) is 70.1 cm³/mol. The molecule has 90 valence electrons. The molecule has 17 heavy (non-hydrogen) atoms. The van der Waals surface area contributed by atoms with Crippen molar-refractivity contribution in [3.05, 3.63) is 47.8 Å². The van der Waals surface area contributed by atoms with Crippen LogP contribution in [-0.2, 0) is 7.05 Å². The van der Waals surface area contributed by atoms with Gasteiger partial charge < -0.3 is 9.67 Å². The third-order valence-electron chi connectivity index (χ3n) is 2.69. The summed E-state index contributed by atoms with van der Waals surface area (Å²) in [6.45, 7) is 2.02. The van der Waals surface area contributed by atoms with Crippen LogP contribution >= 0.6 is 11.8 Å². The molecule has 3 nitrogen and oxygen atoms in total. The van der Waals surface area contributed by atoms with Gasteiger partial charge in [-0.05, 0) is 18.1 Å². The molecular weight excluding hydrogens is 232 g/mol. The Bertz CT molecular complexity index is 496. The molecule has 0 radical (unpaired) electrons. The summed E-state index contributed by atoms with van der Waals surface area (Å²) in [6, 6.07) is 7.93. The summed E-state index contributed by atoms with van der Waals surface area (Å²) < 4.78 is 1.95. The Morgan fingerprint density at radius 1 is 1.41 bits per heavy atom. The van der Waals surface area contributed by atoms with Gasteiger partial charge in [0.2, 0.25) is 0 Å². The number of rotatable bonds is 4. The van der Waals surface area contributed by atoms with E-state index in [4.69, 9.17) is 0 Å². The minimum absolute atomic E-state index is 0.446. The van der Waals surface area contributed by atoms with Crippen molar-refractivity contribution in [1.82, 2.24) is 9.55 Å². The monoisotopic (exact) mass is 248 g/mol. The van der Waals surface area contributed by atoms with E-state index >= 15 is 0 Å². The lowest BCUT2D eigenvalue weighted by atomic mass is 10.1. The maximum Gasteiger partial charge on any atom is 0.167 e. The summed E-state index contributed by atoms with van der Waals surface area (Å²) in [4.78, 5) is 4.22. The fourth-order valence-electron chi connectivity index (χ4n) is 1.69. The first kappa shape index (κ1) is 12.2. The van der Waals surface area contributed by atoms with Gasteiger partial charge >= 0.3 is 0 Å². The van der Waals surface area contributed by atoms with E-state index in [9.17, 15) is 5.11 Å². The third-order valence-corrected chi connectivity index (χ3v) is 3.83. The van der Waals surface area contributed by atoms with E-state index in [0.29, 0.717) is 5.75 Å². The Morgan fingerprint density at radius 2 is 2.18 bits per heavy atom. The number of imidazole rings is 1. The molecule has 0 aliphatic heterocycles. The maximum absolute atomic E-state index is 10.1. The molecule has 0 amide bonds. The smallest absolute Gasteiger partial charge is 0.167 e. The number of aliphatic hydroxyl groups is 1. The summed E-state index contributed by atoms with van der Waals surface area (Å²) in [5, 5.41) is 11.1. The Morgan fingerprint density at radius 3 is 2.82 bits per heavy atom. The fourth-order valence-corrected chi connectivity index (χ4v) is 2.58. The number of thioether (sulfide) groups is 1. The van der Waals surface area contributed by atoms with E-state index in [-0.39, 0.29) is 0 Å². The van der Waals surface area contributed by atoms with Crippen LogP contribution in [0.1, 0.15) is 17.2 Å². The van der Waals surface area contributed by atoms with Crippen molar-refractivity contribution < 1.29 is 5.11 Å². The van der Waals surface area contributed by atoms with Crippen LogP contribution in [-0.4, -0.2) is 20.4 Å². The summed E-state index contributed by atoms with van der Waals surface area (Å²) >= 11 is 1.57. The van der Waals surface area contributed by atoms with Gasteiger partial charge in [0.25, 0.3) is 0 Å². The molecule has 4 heteroatoms. The summed E-state index contributed by atoms with van der Waals surface area (Å²) in [5.41, 5.74) is 2.12. The molecule has 1 heterocycles. The molecule has 0 saturated heterocycles. The van der Waals surface area contributed by atoms with E-state index in [1.54, 1.807) is 18.0 Å². The first-order valence-corrected chi connectivity index (χ1v) is 6.51. The summed E-state index contributed by atoms with van der Waals surface area (Å²) in [7, 11) is 1.95. The van der Waals surface area contributed by atoms with Crippen molar-refractivity contribution in [1.29, 1.82) is 0 Å². The number of aromatic nitrogens is 2. The lowest BCUT2D eigenvalue weighted by Crippen LogP contribution is -2.03. The molecule has 0 aliphatic carbocycles. The number of hydrogen-bond acceptors (Lipinski definition) is 3. The number of benzene rings is 1. The van der Waals surface area contributed by atoms with Crippen LogP contribution in [0.25, 0.3) is 0 Å². The molecule has 0 bridgehead atoms. The van der Waals surface area contributed by atoms with Crippen molar-refractivity contribution in [2.24, 2.45) is 7.05 Å². The summed E-state index contributed by atoms with van der Waals surface area (Å²) in [6.07, 6.45) is 3.23. The van der Waals surface area contributed by atoms with E-state index in [1.807, 2.05) is 49.0 Å². The lowest BCUT2D eigenvalue weighted by molar-refractivity contribution is 0.203. The van der Waals surface area contributed by atoms with Crippen LogP contribution in [0.5, 0.6) is 0 Å². The van der Waals surface area contributed by atoms with Crippen molar-refractivity contribution >= 4 is 11.8 Å². The molecule has 0 fully saturated rings. The number of aryl methyl sites for hydroxylation is 2. The average molecular weight is 248 g/mol. The van der Waals surface area contributed by atoms with Crippen molar-refractivity contribution in [2.75, 3.05) is 5.75 Å². The zero-order valence-corrected chi connectivity index (χ0v) is 10.8. The van der Waals surface area contributed by atoms with Crippen molar-refractivity contribution in [2.45, 2.75) is 18.2 Å². The third kappa shape index (κ3) is 2.90. The zero-order valence-electron chi connectivity index (χ0n) is 10.00. The van der Waals surface area contributed by atoms with Gasteiger partial charge in [-0.25, -0.2) is 4.98 Å². The molecule has 1 aromatic carbocycles. The fraction of sp³-hybridized carbons (Fsp3) is 0.308. The largest absolute Gasteiger partial charge is 0.388 e. The SMILES string of the molecule is Cc1ccccc1[C@@H](O)CSc1nccn1C. The summed E-state index contributed by atoms with van der Waals surface area (Å²) in [5.74, 6) is 0.621. The second-order valence-corrected chi connectivity index (χ2v) is 4.99. The van der Waals surface area contributed by atoms with E-state index in [0.717, 1.165) is 16.3 Å². The highest BCUT2D eigenvalue weighted by Gasteiger charge is 2.11. The first-order valence-electron chi connectivity index (χ1n) is 5.52. The highest BCUT2D eigenvalue weighted by molar-refractivity contribution is 7.99. The van der Waals surface area contributed by atoms with Gasteiger partial charge in [-0.3, -0.25) is 0 Å². The Hall–Kier alpha value is -1.26. The lowest BCUT2D eigenvalue weighted by Gasteiger charge is -2.12. The second-order valence-electron chi connectivity index (χ2n) is 4.00. The van der Waals surface area contributed by atoms with Gasteiger partial charge in [-0.1, -0.05) is 36.0 Å². The van der Waals surface area contributed by atoms with Crippen LogP contribution in [0.4, 0.5) is 0 Å². The van der Waals surface area contributed by atoms with Crippen molar-refractivity contribution in [3.63, 3.8) is 0 Å². The zero-order chi connectivity index (χ0) is 12.3. The molecule has 1 aromatic heterocycles. The van der Waals surface area contributed by atoms with Crippen molar-refractivity contribution in [3.8, 4) is 0 Å². The number of nitrogens with zero attached hydrogens (tertiary/aromatic N) is 2. The van der Waals surface area contributed by atoms with Gasteiger partial charge in [-0.2, -0.15) is 0 Å². The van der Waals surface area contributed by atoms with Gasteiger partial charge in [0.05, 0.1) is 6.10 Å². The molecular formula is C13H16N2OS. The molecule has 0 spiro atoms. The minimum atomic E-state index is -0.446. The molecule has 0 aliphatic rings. The van der Waals surface area contributed by atoms with Gasteiger partial charge in [0.1, 0.15) is 0 Å². The number of hydrogen-bond donors (Lipinski definition) is 1. The first-order chi connectivity index (χ1) is 8.18. The predicted octanol–water partition coefficient (Wildman–Crippen LogP) is 2.55. The van der Waals surface area contributed by atoms with E-state index in [2.05, 4.69) is 4.98 Å².